The van der Waals surface area contributed by atoms with Gasteiger partial charge in [0.25, 0.3) is 5.91 Å². The molecule has 1 fully saturated rings. The van der Waals surface area contributed by atoms with Crippen LogP contribution in [0.4, 0.5) is 0 Å². The number of aliphatic hydroxyl groups excluding tert-OH is 1. The number of aromatic nitrogens is 2. The normalized spacial score (nSPS) is 17.8. The Balaban J connectivity index is 1.66. The van der Waals surface area contributed by atoms with Gasteiger partial charge in [-0.3, -0.25) is 9.69 Å². The number of fused-ring (bicyclic) bond motifs is 1. The summed E-state index contributed by atoms with van der Waals surface area (Å²) in [6.45, 7) is 5.32. The van der Waals surface area contributed by atoms with E-state index >= 15 is 0 Å². The first-order chi connectivity index (χ1) is 10.7. The second-order valence-electron chi connectivity index (χ2n) is 5.71. The number of amides is 1. The highest BCUT2D eigenvalue weighted by Crippen LogP contribution is 2.14. The van der Waals surface area contributed by atoms with E-state index in [9.17, 15) is 9.90 Å². The third-order valence-corrected chi connectivity index (χ3v) is 4.46. The average Bonchev–Trinajstić information content (AvgIpc) is 3.03. The molecule has 2 aromatic heterocycles. The summed E-state index contributed by atoms with van der Waals surface area (Å²) in [7, 11) is 0. The minimum Gasteiger partial charge on any atom is -0.395 e. The van der Waals surface area contributed by atoms with E-state index in [-0.39, 0.29) is 18.6 Å². The fourth-order valence-electron chi connectivity index (χ4n) is 3.03. The van der Waals surface area contributed by atoms with Crippen LogP contribution in [0.5, 0.6) is 0 Å². The van der Waals surface area contributed by atoms with E-state index in [1.165, 1.54) is 0 Å². The molecule has 1 atom stereocenters. The Morgan fingerprint density at radius 2 is 2.14 bits per heavy atom. The number of hydrogen-bond acceptors (Lipinski definition) is 4. The molecule has 0 spiro atoms. The zero-order valence-corrected chi connectivity index (χ0v) is 12.9. The van der Waals surface area contributed by atoms with Crippen molar-refractivity contribution in [2.24, 2.45) is 0 Å². The van der Waals surface area contributed by atoms with Crippen molar-refractivity contribution in [3.05, 3.63) is 36.4 Å². The number of carbonyl (C=O) groups excluding carboxylic acids is 1. The highest BCUT2D eigenvalue weighted by atomic mass is 16.3. The zero-order chi connectivity index (χ0) is 15.5. The van der Waals surface area contributed by atoms with Gasteiger partial charge in [0.1, 0.15) is 0 Å². The monoisotopic (exact) mass is 302 g/mol. The van der Waals surface area contributed by atoms with Crippen LogP contribution in [0.2, 0.25) is 0 Å². The van der Waals surface area contributed by atoms with Gasteiger partial charge in [-0.2, -0.15) is 0 Å². The van der Waals surface area contributed by atoms with Crippen LogP contribution in [0.15, 0.2) is 30.9 Å². The average molecular weight is 302 g/mol. The van der Waals surface area contributed by atoms with Crippen molar-refractivity contribution in [1.82, 2.24) is 19.2 Å². The van der Waals surface area contributed by atoms with Crippen LogP contribution in [0, 0.1) is 0 Å². The van der Waals surface area contributed by atoms with Crippen molar-refractivity contribution in [1.29, 1.82) is 0 Å². The minimum atomic E-state index is 0.0698. The minimum absolute atomic E-state index is 0.0698. The molecule has 0 saturated carbocycles. The Morgan fingerprint density at radius 3 is 2.82 bits per heavy atom. The summed E-state index contributed by atoms with van der Waals surface area (Å²) in [5.41, 5.74) is 1.63. The fraction of sp³-hybridized carbons (Fsp3) is 0.500. The highest BCUT2D eigenvalue weighted by Gasteiger charge is 2.25. The Bertz CT molecular complexity index is 642. The summed E-state index contributed by atoms with van der Waals surface area (Å²) in [5.74, 6) is 0.0698. The van der Waals surface area contributed by atoms with Gasteiger partial charge >= 0.3 is 0 Å². The molecule has 2 aromatic rings. The SMILES string of the molecule is CCC(CO)N1CCN(C(=O)c2ccn3cncc3c2)CC1. The molecule has 0 aliphatic carbocycles. The predicted octanol–water partition coefficient (Wildman–Crippen LogP) is 0.863. The number of piperazine rings is 1. The maximum atomic E-state index is 12.6. The predicted molar refractivity (Wildman–Crippen MR) is 83.8 cm³/mol. The molecule has 0 bridgehead atoms. The third-order valence-electron chi connectivity index (χ3n) is 4.46. The van der Waals surface area contributed by atoms with Crippen molar-refractivity contribution in [3.63, 3.8) is 0 Å². The van der Waals surface area contributed by atoms with Gasteiger partial charge in [0, 0.05) is 44.0 Å². The molecule has 1 amide bonds. The molecular formula is C16H22N4O2. The van der Waals surface area contributed by atoms with Crippen molar-refractivity contribution in [2.75, 3.05) is 32.8 Å². The van der Waals surface area contributed by atoms with Crippen molar-refractivity contribution < 1.29 is 9.90 Å². The lowest BCUT2D eigenvalue weighted by Gasteiger charge is -2.38. The molecule has 1 N–H and O–H groups in total. The summed E-state index contributed by atoms with van der Waals surface area (Å²) >= 11 is 0. The summed E-state index contributed by atoms with van der Waals surface area (Å²) in [6, 6.07) is 3.93. The molecule has 118 valence electrons. The number of nitrogens with zero attached hydrogens (tertiary/aromatic N) is 4. The van der Waals surface area contributed by atoms with Crippen LogP contribution in [0.25, 0.3) is 5.52 Å². The smallest absolute Gasteiger partial charge is 0.254 e. The molecule has 1 unspecified atom stereocenters. The van der Waals surface area contributed by atoms with Gasteiger partial charge in [-0.15, -0.1) is 0 Å². The van der Waals surface area contributed by atoms with Gasteiger partial charge in [0.2, 0.25) is 0 Å². The van der Waals surface area contributed by atoms with E-state index in [0.29, 0.717) is 18.7 Å². The fourth-order valence-corrected chi connectivity index (χ4v) is 3.03. The van der Waals surface area contributed by atoms with E-state index in [4.69, 9.17) is 0 Å². The van der Waals surface area contributed by atoms with Crippen molar-refractivity contribution in [2.45, 2.75) is 19.4 Å². The summed E-state index contributed by atoms with van der Waals surface area (Å²) in [5, 5.41) is 9.38. The van der Waals surface area contributed by atoms with Gasteiger partial charge in [0.15, 0.2) is 0 Å². The summed E-state index contributed by atoms with van der Waals surface area (Å²) < 4.78 is 1.89. The van der Waals surface area contributed by atoms with E-state index in [1.54, 1.807) is 12.5 Å². The van der Waals surface area contributed by atoms with Crippen LogP contribution in [-0.2, 0) is 0 Å². The van der Waals surface area contributed by atoms with Crippen LogP contribution < -0.4 is 0 Å². The van der Waals surface area contributed by atoms with E-state index < -0.39 is 0 Å². The summed E-state index contributed by atoms with van der Waals surface area (Å²) in [4.78, 5) is 20.8. The topological polar surface area (TPSA) is 61.1 Å². The maximum Gasteiger partial charge on any atom is 0.254 e. The van der Waals surface area contributed by atoms with E-state index in [0.717, 1.165) is 25.0 Å². The lowest BCUT2D eigenvalue weighted by molar-refractivity contribution is 0.0472. The Kier molecular flexibility index (Phi) is 4.40. The second-order valence-corrected chi connectivity index (χ2v) is 5.71. The van der Waals surface area contributed by atoms with Gasteiger partial charge in [-0.05, 0) is 18.6 Å². The standard InChI is InChI=1S/C16H22N4O2/c1-2-14(11-21)18-5-7-19(8-6-18)16(22)13-3-4-20-12-17-10-15(20)9-13/h3-4,9-10,12,14,21H,2,5-8,11H2,1H3. The van der Waals surface area contributed by atoms with Gasteiger partial charge in [-0.1, -0.05) is 6.92 Å². The quantitative estimate of drug-likeness (QED) is 0.910. The molecule has 1 aliphatic rings. The molecule has 1 saturated heterocycles. The largest absolute Gasteiger partial charge is 0.395 e. The number of imidazole rings is 1. The highest BCUT2D eigenvalue weighted by molar-refractivity contribution is 5.95. The first-order valence-electron chi connectivity index (χ1n) is 7.79. The van der Waals surface area contributed by atoms with Crippen LogP contribution >= 0.6 is 0 Å². The lowest BCUT2D eigenvalue weighted by atomic mass is 10.1. The van der Waals surface area contributed by atoms with Crippen molar-refractivity contribution in [3.8, 4) is 0 Å². The van der Waals surface area contributed by atoms with Gasteiger partial charge in [-0.25, -0.2) is 4.98 Å². The third kappa shape index (κ3) is 2.84. The molecule has 22 heavy (non-hydrogen) atoms. The lowest BCUT2D eigenvalue weighted by Crippen LogP contribution is -2.52. The maximum absolute atomic E-state index is 12.6. The molecule has 1 aliphatic heterocycles. The zero-order valence-electron chi connectivity index (χ0n) is 12.9. The Morgan fingerprint density at radius 1 is 1.36 bits per heavy atom. The Hall–Kier alpha value is -1.92. The number of rotatable bonds is 4. The van der Waals surface area contributed by atoms with E-state index in [1.807, 2.05) is 27.6 Å². The number of hydrogen-bond donors (Lipinski definition) is 1. The van der Waals surface area contributed by atoms with Crippen LogP contribution in [0.3, 0.4) is 0 Å². The van der Waals surface area contributed by atoms with Gasteiger partial charge in [0.05, 0.1) is 24.6 Å². The van der Waals surface area contributed by atoms with Crippen molar-refractivity contribution >= 4 is 11.4 Å². The van der Waals surface area contributed by atoms with E-state index in [2.05, 4.69) is 16.8 Å². The Labute approximate surface area is 130 Å². The van der Waals surface area contributed by atoms with Gasteiger partial charge < -0.3 is 14.4 Å². The summed E-state index contributed by atoms with van der Waals surface area (Å²) in [6.07, 6.45) is 6.27. The number of pyridine rings is 1. The number of carbonyl (C=O) groups is 1. The first kappa shape index (κ1) is 15.0. The molecule has 0 radical (unpaired) electrons. The molecule has 3 heterocycles. The second kappa shape index (κ2) is 6.46. The molecule has 6 nitrogen and oxygen atoms in total. The molecule has 0 aromatic carbocycles. The molecular weight excluding hydrogens is 280 g/mol. The first-order valence-corrected chi connectivity index (χ1v) is 7.79. The number of aliphatic hydroxyl groups is 1. The molecule has 3 rings (SSSR count). The van der Waals surface area contributed by atoms with Crippen LogP contribution in [-0.4, -0.2) is 69.0 Å². The van der Waals surface area contributed by atoms with Crippen LogP contribution in [0.1, 0.15) is 23.7 Å². The molecule has 6 heteroatoms.